The lowest BCUT2D eigenvalue weighted by Gasteiger charge is -2.27. The smallest absolute Gasteiger partial charge is 0.308 e. The van der Waals surface area contributed by atoms with E-state index < -0.39 is 11.9 Å². The van der Waals surface area contributed by atoms with Crippen LogP contribution in [0, 0.1) is 25.7 Å². The van der Waals surface area contributed by atoms with Crippen LogP contribution in [0.1, 0.15) is 24.0 Å². The molecule has 2 N–H and O–H groups in total. The maximum absolute atomic E-state index is 12.0. The first kappa shape index (κ1) is 18.3. The molecule has 1 amide bonds. The van der Waals surface area contributed by atoms with Gasteiger partial charge < -0.3 is 19.9 Å². The number of nitrogens with one attached hydrogen (secondary N) is 1. The van der Waals surface area contributed by atoms with Crippen molar-refractivity contribution >= 4 is 11.9 Å². The molecule has 1 aliphatic rings. The van der Waals surface area contributed by atoms with Crippen molar-refractivity contribution < 1.29 is 24.2 Å². The average Bonchev–Trinajstić information content (AvgIpc) is 2.55. The van der Waals surface area contributed by atoms with Gasteiger partial charge in [0, 0.05) is 19.8 Å². The van der Waals surface area contributed by atoms with Crippen LogP contribution in [0.5, 0.6) is 5.75 Å². The fraction of sp³-hybridized carbons (Fsp3) is 0.556. The van der Waals surface area contributed by atoms with E-state index in [0.29, 0.717) is 31.8 Å². The molecule has 1 aliphatic heterocycles. The van der Waals surface area contributed by atoms with Gasteiger partial charge in [-0.15, -0.1) is 0 Å². The molecule has 132 valence electrons. The van der Waals surface area contributed by atoms with Gasteiger partial charge in [0.05, 0.1) is 5.92 Å². The van der Waals surface area contributed by atoms with Gasteiger partial charge in [-0.05, 0) is 44.2 Å². The van der Waals surface area contributed by atoms with Crippen LogP contribution in [-0.4, -0.2) is 43.3 Å². The second kappa shape index (κ2) is 8.68. The topological polar surface area (TPSA) is 84.9 Å². The van der Waals surface area contributed by atoms with E-state index in [1.807, 2.05) is 32.0 Å². The summed E-state index contributed by atoms with van der Waals surface area (Å²) in [6.45, 7) is 5.08. The highest BCUT2D eigenvalue weighted by Gasteiger charge is 2.30. The monoisotopic (exact) mass is 335 g/mol. The fourth-order valence-corrected chi connectivity index (χ4v) is 2.95. The molecule has 2 rings (SSSR count). The summed E-state index contributed by atoms with van der Waals surface area (Å²) >= 11 is 0. The summed E-state index contributed by atoms with van der Waals surface area (Å²) in [5, 5.41) is 12.1. The van der Waals surface area contributed by atoms with Crippen LogP contribution >= 0.6 is 0 Å². The van der Waals surface area contributed by atoms with Gasteiger partial charge in [-0.25, -0.2) is 0 Å². The Balaban J connectivity index is 1.81. The predicted molar refractivity (Wildman–Crippen MR) is 89.1 cm³/mol. The third kappa shape index (κ3) is 5.23. The molecule has 1 unspecified atom stereocenters. The number of hydrogen-bond acceptors (Lipinski definition) is 4. The number of carbonyl (C=O) groups excluding carboxylic acids is 1. The van der Waals surface area contributed by atoms with Crippen LogP contribution in [0.15, 0.2) is 18.2 Å². The number of rotatable bonds is 7. The molecule has 1 aromatic carbocycles. The Bertz CT molecular complexity index is 581. The van der Waals surface area contributed by atoms with Crippen molar-refractivity contribution in [1.82, 2.24) is 5.32 Å². The van der Waals surface area contributed by atoms with Gasteiger partial charge in [-0.3, -0.25) is 9.59 Å². The Hall–Kier alpha value is -2.08. The lowest BCUT2D eigenvalue weighted by atomic mass is 9.86. The third-order valence-electron chi connectivity index (χ3n) is 4.36. The molecular formula is C18H25NO5. The summed E-state index contributed by atoms with van der Waals surface area (Å²) in [4.78, 5) is 23.4. The number of hydrogen-bond donors (Lipinski definition) is 2. The molecule has 0 saturated carbocycles. The Labute approximate surface area is 142 Å². The van der Waals surface area contributed by atoms with Gasteiger partial charge in [0.2, 0.25) is 0 Å². The van der Waals surface area contributed by atoms with E-state index >= 15 is 0 Å². The van der Waals surface area contributed by atoms with Crippen LogP contribution in [0.3, 0.4) is 0 Å². The Morgan fingerprint density at radius 3 is 2.67 bits per heavy atom. The minimum atomic E-state index is -0.877. The molecular weight excluding hydrogens is 310 g/mol. The van der Waals surface area contributed by atoms with Crippen molar-refractivity contribution in [3.8, 4) is 5.75 Å². The summed E-state index contributed by atoms with van der Waals surface area (Å²) in [5.74, 6) is -1.07. The summed E-state index contributed by atoms with van der Waals surface area (Å²) in [6.07, 6.45) is 1.43. The summed E-state index contributed by atoms with van der Waals surface area (Å²) < 4.78 is 10.8. The maximum Gasteiger partial charge on any atom is 0.308 e. The first-order valence-electron chi connectivity index (χ1n) is 8.24. The largest absolute Gasteiger partial charge is 0.484 e. The summed E-state index contributed by atoms with van der Waals surface area (Å²) in [6, 6.07) is 5.74. The molecule has 0 bridgehead atoms. The number of amides is 1. The highest BCUT2D eigenvalue weighted by Crippen LogP contribution is 2.24. The molecule has 1 atom stereocenters. The number of carbonyl (C=O) groups is 2. The normalized spacial score (nSPS) is 16.4. The van der Waals surface area contributed by atoms with E-state index in [2.05, 4.69) is 5.32 Å². The number of carboxylic acid groups (broad SMARTS) is 1. The molecule has 6 heteroatoms. The molecule has 0 aliphatic carbocycles. The number of ether oxygens (including phenoxy) is 2. The van der Waals surface area contributed by atoms with E-state index in [0.717, 1.165) is 11.1 Å². The summed E-state index contributed by atoms with van der Waals surface area (Å²) in [5.41, 5.74) is 2.10. The number of aliphatic carboxylic acids is 1. The zero-order chi connectivity index (χ0) is 17.5. The number of aryl methyl sites for hydroxylation is 2. The van der Waals surface area contributed by atoms with Crippen molar-refractivity contribution in [3.05, 3.63) is 29.3 Å². The lowest BCUT2D eigenvalue weighted by Crippen LogP contribution is -2.40. The molecule has 0 aromatic heterocycles. The average molecular weight is 335 g/mol. The van der Waals surface area contributed by atoms with E-state index in [9.17, 15) is 14.7 Å². The van der Waals surface area contributed by atoms with Crippen LogP contribution in [0.2, 0.25) is 0 Å². The van der Waals surface area contributed by atoms with E-state index in [1.54, 1.807) is 0 Å². The maximum atomic E-state index is 12.0. The SMILES string of the molecule is Cc1ccc(OCC(=O)NCC(C(=O)O)C2CCOCC2)c(C)c1. The first-order chi connectivity index (χ1) is 11.5. The minimum Gasteiger partial charge on any atom is -0.484 e. The van der Waals surface area contributed by atoms with Gasteiger partial charge in [0.15, 0.2) is 6.61 Å². The molecule has 0 spiro atoms. The number of benzene rings is 1. The van der Waals surface area contributed by atoms with Crippen molar-refractivity contribution in [2.45, 2.75) is 26.7 Å². The molecule has 1 saturated heterocycles. The Kier molecular flexibility index (Phi) is 6.61. The van der Waals surface area contributed by atoms with E-state index in [1.165, 1.54) is 0 Å². The molecule has 1 fully saturated rings. The summed E-state index contributed by atoms with van der Waals surface area (Å²) in [7, 11) is 0. The quantitative estimate of drug-likeness (QED) is 0.795. The van der Waals surface area contributed by atoms with Crippen LogP contribution in [0.25, 0.3) is 0 Å². The second-order valence-corrected chi connectivity index (χ2v) is 6.26. The zero-order valence-corrected chi connectivity index (χ0v) is 14.2. The predicted octanol–water partition coefficient (Wildman–Crippen LogP) is 1.93. The number of carboxylic acids is 1. The van der Waals surface area contributed by atoms with Crippen molar-refractivity contribution in [2.75, 3.05) is 26.4 Å². The van der Waals surface area contributed by atoms with Gasteiger partial charge in [0.1, 0.15) is 5.75 Å². The lowest BCUT2D eigenvalue weighted by molar-refractivity contribution is -0.145. The Morgan fingerprint density at radius 1 is 1.33 bits per heavy atom. The molecule has 1 heterocycles. The van der Waals surface area contributed by atoms with Crippen molar-refractivity contribution in [2.24, 2.45) is 11.8 Å². The molecule has 24 heavy (non-hydrogen) atoms. The fourth-order valence-electron chi connectivity index (χ4n) is 2.95. The minimum absolute atomic E-state index is 0.0387. The van der Waals surface area contributed by atoms with Crippen molar-refractivity contribution in [1.29, 1.82) is 0 Å². The standard InChI is InChI=1S/C18H25NO5/c1-12-3-4-16(13(2)9-12)24-11-17(20)19-10-15(18(21)22)14-5-7-23-8-6-14/h3-4,9,14-15H,5-8,10-11H2,1-2H3,(H,19,20)(H,21,22). The van der Waals surface area contributed by atoms with Gasteiger partial charge in [-0.1, -0.05) is 17.7 Å². The van der Waals surface area contributed by atoms with Crippen molar-refractivity contribution in [3.63, 3.8) is 0 Å². The van der Waals surface area contributed by atoms with Crippen LogP contribution in [-0.2, 0) is 14.3 Å². The second-order valence-electron chi connectivity index (χ2n) is 6.26. The highest BCUT2D eigenvalue weighted by atomic mass is 16.5. The van der Waals surface area contributed by atoms with Gasteiger partial charge in [-0.2, -0.15) is 0 Å². The van der Waals surface area contributed by atoms with E-state index in [-0.39, 0.29) is 25.0 Å². The zero-order valence-electron chi connectivity index (χ0n) is 14.2. The van der Waals surface area contributed by atoms with Gasteiger partial charge >= 0.3 is 5.97 Å². The highest BCUT2D eigenvalue weighted by molar-refractivity contribution is 5.78. The molecule has 0 radical (unpaired) electrons. The van der Waals surface area contributed by atoms with E-state index in [4.69, 9.17) is 9.47 Å². The molecule has 1 aromatic rings. The van der Waals surface area contributed by atoms with Crippen LogP contribution in [0.4, 0.5) is 0 Å². The third-order valence-corrected chi connectivity index (χ3v) is 4.36. The Morgan fingerprint density at radius 2 is 2.04 bits per heavy atom. The van der Waals surface area contributed by atoms with Crippen LogP contribution < -0.4 is 10.1 Å². The van der Waals surface area contributed by atoms with Gasteiger partial charge in [0.25, 0.3) is 5.91 Å². The first-order valence-corrected chi connectivity index (χ1v) is 8.24. The molecule has 6 nitrogen and oxygen atoms in total.